The van der Waals surface area contributed by atoms with E-state index in [2.05, 4.69) is 6.92 Å². The summed E-state index contributed by atoms with van der Waals surface area (Å²) in [7, 11) is 0. The summed E-state index contributed by atoms with van der Waals surface area (Å²) in [5.41, 5.74) is 6.92. The molecule has 4 heteroatoms. The lowest BCUT2D eigenvalue weighted by Crippen LogP contribution is -2.44. The van der Waals surface area contributed by atoms with Crippen molar-refractivity contribution in [3.05, 3.63) is 29.3 Å². The second-order valence-corrected chi connectivity index (χ2v) is 7.60. The van der Waals surface area contributed by atoms with Gasteiger partial charge >= 0.3 is 0 Å². The van der Waals surface area contributed by atoms with E-state index < -0.39 is 0 Å². The number of halogens is 1. The summed E-state index contributed by atoms with van der Waals surface area (Å²) in [6.07, 6.45) is 10.2. The SMILES string of the molecule is CC1CCCC2(c3cc(O)ccc3C=O)CCCCC12.NCCCF. The maximum Gasteiger partial charge on any atom is 0.150 e. The third-order valence-corrected chi connectivity index (χ3v) is 6.11. The first kappa shape index (κ1) is 19.9. The average Bonchev–Trinajstić information content (AvgIpc) is 2.63. The Bertz CT molecular complexity index is 557. The Hall–Kier alpha value is -1.42. The van der Waals surface area contributed by atoms with Crippen LogP contribution in [0.2, 0.25) is 0 Å². The summed E-state index contributed by atoms with van der Waals surface area (Å²) in [6.45, 7) is 2.56. The van der Waals surface area contributed by atoms with E-state index in [4.69, 9.17) is 5.73 Å². The van der Waals surface area contributed by atoms with E-state index in [1.807, 2.05) is 6.07 Å². The van der Waals surface area contributed by atoms with Crippen molar-refractivity contribution in [3.8, 4) is 5.75 Å². The fraction of sp³-hybridized carbons (Fsp3) is 0.667. The zero-order valence-corrected chi connectivity index (χ0v) is 15.3. The molecule has 2 aliphatic rings. The molecule has 140 valence electrons. The maximum absolute atomic E-state index is 11.5. The van der Waals surface area contributed by atoms with Crippen LogP contribution in [-0.4, -0.2) is 24.6 Å². The van der Waals surface area contributed by atoms with Gasteiger partial charge in [-0.1, -0.05) is 32.6 Å². The van der Waals surface area contributed by atoms with Crippen molar-refractivity contribution in [1.82, 2.24) is 0 Å². The van der Waals surface area contributed by atoms with Gasteiger partial charge in [-0.05, 0) is 73.2 Å². The number of carbonyl (C=O) groups is 1. The normalized spacial score (nSPS) is 28.4. The van der Waals surface area contributed by atoms with E-state index in [0.717, 1.165) is 23.3 Å². The Morgan fingerprint density at radius 2 is 2.04 bits per heavy atom. The fourth-order valence-corrected chi connectivity index (χ4v) is 4.97. The maximum atomic E-state index is 11.5. The molecule has 3 N–H and O–H groups in total. The first-order valence-electron chi connectivity index (χ1n) is 9.63. The monoisotopic (exact) mass is 349 g/mol. The summed E-state index contributed by atoms with van der Waals surface area (Å²) in [5, 5.41) is 9.90. The number of alkyl halides is 1. The van der Waals surface area contributed by atoms with Crippen molar-refractivity contribution in [2.75, 3.05) is 13.2 Å². The molecule has 0 amide bonds. The molecule has 2 fully saturated rings. The number of aldehydes is 1. The van der Waals surface area contributed by atoms with Gasteiger partial charge in [0.25, 0.3) is 0 Å². The van der Waals surface area contributed by atoms with Gasteiger partial charge in [0.1, 0.15) is 12.0 Å². The van der Waals surface area contributed by atoms with Gasteiger partial charge in [-0.15, -0.1) is 0 Å². The van der Waals surface area contributed by atoms with E-state index >= 15 is 0 Å². The van der Waals surface area contributed by atoms with Crippen molar-refractivity contribution in [1.29, 1.82) is 0 Å². The Morgan fingerprint density at radius 1 is 1.28 bits per heavy atom. The highest BCUT2D eigenvalue weighted by Crippen LogP contribution is 2.55. The first-order valence-corrected chi connectivity index (χ1v) is 9.63. The number of aromatic hydroxyl groups is 1. The summed E-state index contributed by atoms with van der Waals surface area (Å²) >= 11 is 0. The summed E-state index contributed by atoms with van der Waals surface area (Å²) < 4.78 is 10.9. The lowest BCUT2D eigenvalue weighted by molar-refractivity contribution is 0.0740. The lowest BCUT2D eigenvalue weighted by atomic mass is 9.53. The van der Waals surface area contributed by atoms with Gasteiger partial charge in [-0.3, -0.25) is 9.18 Å². The lowest BCUT2D eigenvalue weighted by Gasteiger charge is -2.51. The molecule has 0 aromatic heterocycles. The molecule has 25 heavy (non-hydrogen) atoms. The molecule has 3 unspecified atom stereocenters. The Labute approximate surface area is 150 Å². The molecular weight excluding hydrogens is 317 g/mol. The molecule has 0 bridgehead atoms. The van der Waals surface area contributed by atoms with Crippen LogP contribution < -0.4 is 5.73 Å². The molecule has 2 aliphatic carbocycles. The molecule has 1 aromatic rings. The largest absolute Gasteiger partial charge is 0.508 e. The van der Waals surface area contributed by atoms with Crippen molar-refractivity contribution in [2.45, 2.75) is 63.7 Å². The first-order chi connectivity index (χ1) is 12.1. The van der Waals surface area contributed by atoms with Crippen LogP contribution in [0.4, 0.5) is 4.39 Å². The van der Waals surface area contributed by atoms with Gasteiger partial charge in [0.05, 0.1) is 6.67 Å². The standard InChI is InChI=1S/C18H24O2.C3H8FN/c1-13-5-4-10-18(9-3-2-6-16(13)18)17-11-15(20)8-7-14(17)12-19;4-2-1-3-5/h7-8,11-13,16,20H,2-6,9-10H2,1H3;1-3,5H2. The van der Waals surface area contributed by atoms with Crippen LogP contribution in [0.3, 0.4) is 0 Å². The molecule has 0 radical (unpaired) electrons. The zero-order valence-electron chi connectivity index (χ0n) is 15.3. The van der Waals surface area contributed by atoms with Crippen LogP contribution in [0.5, 0.6) is 5.75 Å². The van der Waals surface area contributed by atoms with E-state index in [9.17, 15) is 14.3 Å². The summed E-state index contributed by atoms with van der Waals surface area (Å²) in [5.74, 6) is 1.69. The molecule has 3 nitrogen and oxygen atoms in total. The molecular formula is C21H32FNO2. The van der Waals surface area contributed by atoms with E-state index in [1.165, 1.54) is 44.9 Å². The van der Waals surface area contributed by atoms with Crippen molar-refractivity contribution in [3.63, 3.8) is 0 Å². The van der Waals surface area contributed by atoms with Crippen molar-refractivity contribution < 1.29 is 14.3 Å². The highest BCUT2D eigenvalue weighted by molar-refractivity contribution is 5.78. The molecule has 2 saturated carbocycles. The Kier molecular flexibility index (Phi) is 7.42. The molecule has 0 saturated heterocycles. The second kappa shape index (κ2) is 9.33. The average molecular weight is 349 g/mol. The number of phenols is 1. The van der Waals surface area contributed by atoms with E-state index in [1.54, 1.807) is 12.1 Å². The van der Waals surface area contributed by atoms with Gasteiger partial charge in [-0.2, -0.15) is 0 Å². The highest BCUT2D eigenvalue weighted by atomic mass is 19.1. The predicted octanol–water partition coefficient (Wildman–Crippen LogP) is 4.76. The van der Waals surface area contributed by atoms with Crippen LogP contribution in [0.15, 0.2) is 18.2 Å². The van der Waals surface area contributed by atoms with Crippen molar-refractivity contribution in [2.24, 2.45) is 17.6 Å². The fourth-order valence-electron chi connectivity index (χ4n) is 4.97. The zero-order chi connectivity index (χ0) is 18.3. The predicted molar refractivity (Wildman–Crippen MR) is 99.8 cm³/mol. The van der Waals surface area contributed by atoms with Crippen LogP contribution in [-0.2, 0) is 5.41 Å². The number of fused-ring (bicyclic) bond motifs is 1. The number of rotatable bonds is 4. The Balaban J connectivity index is 0.000000399. The molecule has 3 atom stereocenters. The molecule has 1 aromatic carbocycles. The summed E-state index contributed by atoms with van der Waals surface area (Å²) in [6, 6.07) is 5.28. The minimum atomic E-state index is -0.281. The van der Waals surface area contributed by atoms with Gasteiger partial charge in [0.2, 0.25) is 0 Å². The number of nitrogens with two attached hydrogens (primary N) is 1. The van der Waals surface area contributed by atoms with Crippen LogP contribution in [0, 0.1) is 11.8 Å². The number of hydrogen-bond acceptors (Lipinski definition) is 3. The van der Waals surface area contributed by atoms with Crippen LogP contribution in [0.25, 0.3) is 0 Å². The van der Waals surface area contributed by atoms with Crippen LogP contribution in [0.1, 0.15) is 74.2 Å². The third kappa shape index (κ3) is 4.41. The second-order valence-electron chi connectivity index (χ2n) is 7.60. The number of hydrogen-bond donors (Lipinski definition) is 2. The Morgan fingerprint density at radius 3 is 2.68 bits per heavy atom. The smallest absolute Gasteiger partial charge is 0.150 e. The minimum Gasteiger partial charge on any atom is -0.508 e. The minimum absolute atomic E-state index is 0.130. The number of benzene rings is 1. The number of carbonyl (C=O) groups excluding carboxylic acids is 1. The van der Waals surface area contributed by atoms with Gasteiger partial charge in [-0.25, -0.2) is 0 Å². The molecule has 0 aliphatic heterocycles. The molecule has 0 heterocycles. The van der Waals surface area contributed by atoms with E-state index in [0.29, 0.717) is 24.6 Å². The topological polar surface area (TPSA) is 63.3 Å². The van der Waals surface area contributed by atoms with Gasteiger partial charge in [0.15, 0.2) is 0 Å². The van der Waals surface area contributed by atoms with E-state index in [-0.39, 0.29) is 12.1 Å². The third-order valence-electron chi connectivity index (χ3n) is 6.11. The van der Waals surface area contributed by atoms with Crippen LogP contribution >= 0.6 is 0 Å². The van der Waals surface area contributed by atoms with Gasteiger partial charge < -0.3 is 10.8 Å². The van der Waals surface area contributed by atoms with Gasteiger partial charge in [0, 0.05) is 5.56 Å². The molecule has 3 rings (SSSR count). The summed E-state index contributed by atoms with van der Waals surface area (Å²) in [4.78, 5) is 11.5. The quantitative estimate of drug-likeness (QED) is 0.771. The number of phenolic OH excluding ortho intramolecular Hbond substituents is 1. The molecule has 0 spiro atoms. The highest BCUT2D eigenvalue weighted by Gasteiger charge is 2.47. The van der Waals surface area contributed by atoms with Crippen molar-refractivity contribution >= 4 is 6.29 Å².